The molecule has 1 N–H and O–H groups in total. The molecule has 0 aromatic heterocycles. The van der Waals surface area contributed by atoms with Gasteiger partial charge in [0.1, 0.15) is 0 Å². The van der Waals surface area contributed by atoms with E-state index >= 15 is 0 Å². The smallest absolute Gasteiger partial charge is 0.0502 e. The summed E-state index contributed by atoms with van der Waals surface area (Å²) < 4.78 is 5.28. The van der Waals surface area contributed by atoms with Gasteiger partial charge < -0.3 is 15.0 Å². The third-order valence-electron chi connectivity index (χ3n) is 4.19. The number of rotatable bonds is 4. The highest BCUT2D eigenvalue weighted by Crippen LogP contribution is 2.21. The summed E-state index contributed by atoms with van der Waals surface area (Å²) in [7, 11) is 1.82. The molecule has 2 rings (SSSR count). The van der Waals surface area contributed by atoms with Gasteiger partial charge in [0.25, 0.3) is 0 Å². The number of hydrogen-bond donors (Lipinski definition) is 1. The zero-order valence-electron chi connectivity index (χ0n) is 10.7. The molecule has 2 heterocycles. The summed E-state index contributed by atoms with van der Waals surface area (Å²) in [6.45, 7) is 8.30. The van der Waals surface area contributed by atoms with Crippen molar-refractivity contribution in [3.8, 4) is 0 Å². The standard InChI is InChI=1S/C13H26N2O/c1-11-13(5-6-14-11)9-15-7-3-4-12(8-15)10-16-2/h11-14H,3-10H2,1-2H3. The van der Waals surface area contributed by atoms with Crippen molar-refractivity contribution in [1.82, 2.24) is 10.2 Å². The van der Waals surface area contributed by atoms with Gasteiger partial charge in [0.05, 0.1) is 6.61 Å². The van der Waals surface area contributed by atoms with E-state index in [1.54, 1.807) is 0 Å². The van der Waals surface area contributed by atoms with Gasteiger partial charge in [0, 0.05) is 26.2 Å². The second-order valence-electron chi connectivity index (χ2n) is 5.51. The van der Waals surface area contributed by atoms with Gasteiger partial charge >= 0.3 is 0 Å². The van der Waals surface area contributed by atoms with Crippen LogP contribution in [-0.4, -0.2) is 50.8 Å². The Kier molecular flexibility index (Phi) is 4.62. The number of hydrogen-bond acceptors (Lipinski definition) is 3. The number of methoxy groups -OCH3 is 1. The fourth-order valence-corrected chi connectivity index (χ4v) is 3.18. The molecule has 3 unspecified atom stereocenters. The van der Waals surface area contributed by atoms with Crippen LogP contribution in [-0.2, 0) is 4.74 Å². The van der Waals surface area contributed by atoms with Gasteiger partial charge in [0.15, 0.2) is 0 Å². The lowest BCUT2D eigenvalue weighted by Crippen LogP contribution is -2.41. The lowest BCUT2D eigenvalue weighted by atomic mass is 9.95. The molecule has 2 fully saturated rings. The van der Waals surface area contributed by atoms with E-state index in [2.05, 4.69) is 17.1 Å². The molecule has 2 aliphatic heterocycles. The van der Waals surface area contributed by atoms with E-state index in [-0.39, 0.29) is 0 Å². The Morgan fingerprint density at radius 3 is 2.94 bits per heavy atom. The van der Waals surface area contributed by atoms with Crippen molar-refractivity contribution in [1.29, 1.82) is 0 Å². The average Bonchev–Trinajstić information content (AvgIpc) is 2.66. The van der Waals surface area contributed by atoms with E-state index in [4.69, 9.17) is 4.74 Å². The fourth-order valence-electron chi connectivity index (χ4n) is 3.18. The number of nitrogens with one attached hydrogen (secondary N) is 1. The largest absolute Gasteiger partial charge is 0.384 e. The van der Waals surface area contributed by atoms with Gasteiger partial charge in [-0.1, -0.05) is 0 Å². The molecular weight excluding hydrogens is 200 g/mol. The Morgan fingerprint density at radius 2 is 2.25 bits per heavy atom. The molecule has 0 bridgehead atoms. The van der Waals surface area contributed by atoms with Crippen molar-refractivity contribution in [2.45, 2.75) is 32.2 Å². The molecular formula is C13H26N2O. The molecule has 0 aromatic rings. The summed E-state index contributed by atoms with van der Waals surface area (Å²) in [5.41, 5.74) is 0. The summed E-state index contributed by atoms with van der Waals surface area (Å²) in [6, 6.07) is 0.711. The molecule has 0 radical (unpaired) electrons. The molecule has 16 heavy (non-hydrogen) atoms. The Bertz CT molecular complexity index is 208. The minimum Gasteiger partial charge on any atom is -0.384 e. The van der Waals surface area contributed by atoms with Crippen LogP contribution >= 0.6 is 0 Å². The minimum absolute atomic E-state index is 0.711. The Hall–Kier alpha value is -0.120. The fraction of sp³-hybridized carbons (Fsp3) is 1.00. The average molecular weight is 226 g/mol. The van der Waals surface area contributed by atoms with Crippen molar-refractivity contribution in [2.24, 2.45) is 11.8 Å². The van der Waals surface area contributed by atoms with Crippen molar-refractivity contribution in [2.75, 3.05) is 39.9 Å². The summed E-state index contributed by atoms with van der Waals surface area (Å²) in [4.78, 5) is 2.65. The Labute approximate surface area is 99.5 Å². The number of piperidine rings is 1. The zero-order chi connectivity index (χ0) is 11.4. The van der Waals surface area contributed by atoms with E-state index in [0.29, 0.717) is 6.04 Å². The van der Waals surface area contributed by atoms with Gasteiger partial charge in [-0.25, -0.2) is 0 Å². The van der Waals surface area contributed by atoms with Crippen LogP contribution in [0.3, 0.4) is 0 Å². The van der Waals surface area contributed by atoms with Crippen molar-refractivity contribution in [3.63, 3.8) is 0 Å². The predicted molar refractivity (Wildman–Crippen MR) is 66.6 cm³/mol. The lowest BCUT2D eigenvalue weighted by Gasteiger charge is -2.34. The highest BCUT2D eigenvalue weighted by Gasteiger charge is 2.27. The van der Waals surface area contributed by atoms with E-state index in [1.165, 1.54) is 45.4 Å². The quantitative estimate of drug-likeness (QED) is 0.783. The molecule has 3 atom stereocenters. The first-order chi connectivity index (χ1) is 7.79. The van der Waals surface area contributed by atoms with E-state index in [0.717, 1.165) is 18.4 Å². The highest BCUT2D eigenvalue weighted by molar-refractivity contribution is 4.84. The summed E-state index contributed by atoms with van der Waals surface area (Å²) >= 11 is 0. The van der Waals surface area contributed by atoms with Crippen molar-refractivity contribution < 1.29 is 4.74 Å². The molecule has 0 aliphatic carbocycles. The molecule has 0 aromatic carbocycles. The predicted octanol–water partition coefficient (Wildman–Crippen LogP) is 1.34. The molecule has 0 spiro atoms. The van der Waals surface area contributed by atoms with Crippen LogP contribution in [0.4, 0.5) is 0 Å². The van der Waals surface area contributed by atoms with Crippen LogP contribution in [0.5, 0.6) is 0 Å². The first-order valence-corrected chi connectivity index (χ1v) is 6.74. The van der Waals surface area contributed by atoms with Crippen LogP contribution in [0, 0.1) is 11.8 Å². The second kappa shape index (κ2) is 5.99. The van der Waals surface area contributed by atoms with Gasteiger partial charge in [-0.15, -0.1) is 0 Å². The van der Waals surface area contributed by atoms with Gasteiger partial charge in [-0.05, 0) is 51.1 Å². The SMILES string of the molecule is COCC1CCCN(CC2CCNC2C)C1. The maximum atomic E-state index is 5.28. The van der Waals surface area contributed by atoms with Crippen molar-refractivity contribution in [3.05, 3.63) is 0 Å². The topological polar surface area (TPSA) is 24.5 Å². The van der Waals surface area contributed by atoms with E-state index in [1.807, 2.05) is 7.11 Å². The van der Waals surface area contributed by atoms with E-state index in [9.17, 15) is 0 Å². The summed E-state index contributed by atoms with van der Waals surface area (Å²) in [5.74, 6) is 1.63. The number of nitrogens with zero attached hydrogens (tertiary/aromatic N) is 1. The third kappa shape index (κ3) is 3.19. The first kappa shape index (κ1) is 12.3. The van der Waals surface area contributed by atoms with Gasteiger partial charge in [0.2, 0.25) is 0 Å². The van der Waals surface area contributed by atoms with Crippen LogP contribution in [0.25, 0.3) is 0 Å². The van der Waals surface area contributed by atoms with Crippen LogP contribution in [0.1, 0.15) is 26.2 Å². The van der Waals surface area contributed by atoms with E-state index < -0.39 is 0 Å². The maximum absolute atomic E-state index is 5.28. The monoisotopic (exact) mass is 226 g/mol. The molecule has 94 valence electrons. The molecule has 2 aliphatic rings. The van der Waals surface area contributed by atoms with Gasteiger partial charge in [-0.3, -0.25) is 0 Å². The summed E-state index contributed by atoms with van der Waals surface area (Å²) in [5, 5.41) is 3.54. The van der Waals surface area contributed by atoms with Crippen LogP contribution in [0.15, 0.2) is 0 Å². The Balaban J connectivity index is 1.76. The summed E-state index contributed by atoms with van der Waals surface area (Å²) in [6.07, 6.45) is 4.05. The lowest BCUT2D eigenvalue weighted by molar-refractivity contribution is 0.0818. The minimum atomic E-state index is 0.711. The maximum Gasteiger partial charge on any atom is 0.0502 e. The normalized spacial score (nSPS) is 36.8. The molecule has 3 nitrogen and oxygen atoms in total. The number of likely N-dealkylation sites (tertiary alicyclic amines) is 1. The first-order valence-electron chi connectivity index (χ1n) is 6.74. The zero-order valence-corrected chi connectivity index (χ0v) is 10.7. The highest BCUT2D eigenvalue weighted by atomic mass is 16.5. The van der Waals surface area contributed by atoms with Gasteiger partial charge in [-0.2, -0.15) is 0 Å². The molecule has 0 amide bonds. The Morgan fingerprint density at radius 1 is 1.38 bits per heavy atom. The molecule has 0 saturated carbocycles. The molecule has 2 saturated heterocycles. The van der Waals surface area contributed by atoms with Crippen molar-refractivity contribution >= 4 is 0 Å². The van der Waals surface area contributed by atoms with Crippen LogP contribution < -0.4 is 5.32 Å². The van der Waals surface area contributed by atoms with Crippen LogP contribution in [0.2, 0.25) is 0 Å². The second-order valence-corrected chi connectivity index (χ2v) is 5.51. The molecule has 3 heteroatoms. The number of ether oxygens (including phenoxy) is 1. The third-order valence-corrected chi connectivity index (χ3v) is 4.19.